The van der Waals surface area contributed by atoms with Crippen LogP contribution in [0.3, 0.4) is 0 Å². The molecule has 1 atom stereocenters. The lowest BCUT2D eigenvalue weighted by atomic mass is 10.1. The van der Waals surface area contributed by atoms with Gasteiger partial charge in [-0.05, 0) is 36.8 Å². The first kappa shape index (κ1) is 23.1. The number of rotatable bonds is 6. The Morgan fingerprint density at radius 2 is 1.67 bits per heavy atom. The molecule has 2 aliphatic rings. The molecule has 0 saturated carbocycles. The van der Waals surface area contributed by atoms with Crippen LogP contribution < -0.4 is 10.2 Å². The van der Waals surface area contributed by atoms with Gasteiger partial charge in [-0.25, -0.2) is 0 Å². The molecule has 2 fully saturated rings. The molecule has 1 N–H and O–H groups in total. The number of carbonyl (C=O) groups excluding carboxylic acids is 3. The standard InChI is InChI=1S/C25H29ClN4O3/c1-18-2-4-19(5-3-18)16-30-17-20(14-23(30)31)25(33)27-15-24(32)29-12-10-28(11-13-29)22-8-6-21(26)7-9-22/h2-9,20H,10-17H2,1H3,(H,27,33). The molecule has 174 valence electrons. The highest BCUT2D eigenvalue weighted by molar-refractivity contribution is 6.30. The molecule has 8 heteroatoms. The first-order valence-electron chi connectivity index (χ1n) is 11.3. The van der Waals surface area contributed by atoms with Gasteiger partial charge in [-0.1, -0.05) is 41.4 Å². The van der Waals surface area contributed by atoms with E-state index in [1.807, 2.05) is 55.5 Å². The lowest BCUT2D eigenvalue weighted by molar-refractivity contribution is -0.134. The summed E-state index contributed by atoms with van der Waals surface area (Å²) in [7, 11) is 0. The minimum atomic E-state index is -0.419. The van der Waals surface area contributed by atoms with Gasteiger partial charge in [-0.2, -0.15) is 0 Å². The lowest BCUT2D eigenvalue weighted by Gasteiger charge is -2.36. The van der Waals surface area contributed by atoms with E-state index in [9.17, 15) is 14.4 Å². The molecule has 7 nitrogen and oxygen atoms in total. The van der Waals surface area contributed by atoms with Crippen LogP contribution in [0, 0.1) is 12.8 Å². The monoisotopic (exact) mass is 468 g/mol. The minimum absolute atomic E-state index is 0.0274. The van der Waals surface area contributed by atoms with E-state index >= 15 is 0 Å². The third kappa shape index (κ3) is 5.85. The van der Waals surface area contributed by atoms with E-state index in [1.165, 1.54) is 5.56 Å². The minimum Gasteiger partial charge on any atom is -0.368 e. The van der Waals surface area contributed by atoms with Crippen molar-refractivity contribution in [3.05, 3.63) is 64.7 Å². The quantitative estimate of drug-likeness (QED) is 0.706. The summed E-state index contributed by atoms with van der Waals surface area (Å²) in [5.74, 6) is -0.777. The second-order valence-electron chi connectivity index (χ2n) is 8.72. The van der Waals surface area contributed by atoms with Crippen LogP contribution in [0.2, 0.25) is 5.02 Å². The van der Waals surface area contributed by atoms with Crippen LogP contribution in [0.4, 0.5) is 5.69 Å². The second-order valence-corrected chi connectivity index (χ2v) is 9.16. The van der Waals surface area contributed by atoms with E-state index in [-0.39, 0.29) is 30.7 Å². The van der Waals surface area contributed by atoms with E-state index in [4.69, 9.17) is 11.6 Å². The van der Waals surface area contributed by atoms with Gasteiger partial charge in [-0.15, -0.1) is 0 Å². The molecular weight excluding hydrogens is 440 g/mol. The van der Waals surface area contributed by atoms with E-state index in [0.29, 0.717) is 31.2 Å². The molecule has 2 aromatic carbocycles. The molecular formula is C25H29ClN4O3. The average molecular weight is 469 g/mol. The van der Waals surface area contributed by atoms with Gasteiger partial charge in [0, 0.05) is 56.4 Å². The van der Waals surface area contributed by atoms with Crippen molar-refractivity contribution in [1.29, 1.82) is 0 Å². The smallest absolute Gasteiger partial charge is 0.242 e. The first-order chi connectivity index (χ1) is 15.9. The number of nitrogens with one attached hydrogen (secondary N) is 1. The third-order valence-corrected chi connectivity index (χ3v) is 6.57. The van der Waals surface area contributed by atoms with Crippen LogP contribution >= 0.6 is 11.6 Å². The Kier molecular flexibility index (Phi) is 7.18. The Hall–Kier alpha value is -3.06. The van der Waals surface area contributed by atoms with Crippen LogP contribution in [0.5, 0.6) is 0 Å². The number of aryl methyl sites for hydroxylation is 1. The van der Waals surface area contributed by atoms with Crippen molar-refractivity contribution >= 4 is 35.0 Å². The number of anilines is 1. The van der Waals surface area contributed by atoms with Gasteiger partial charge < -0.3 is 20.0 Å². The van der Waals surface area contributed by atoms with Gasteiger partial charge in [0.25, 0.3) is 0 Å². The van der Waals surface area contributed by atoms with Gasteiger partial charge in [0.2, 0.25) is 17.7 Å². The lowest BCUT2D eigenvalue weighted by Crippen LogP contribution is -2.51. The van der Waals surface area contributed by atoms with Crippen molar-refractivity contribution in [1.82, 2.24) is 15.1 Å². The van der Waals surface area contributed by atoms with E-state index in [1.54, 1.807) is 9.80 Å². The molecule has 3 amide bonds. The number of carbonyl (C=O) groups is 3. The zero-order valence-corrected chi connectivity index (χ0v) is 19.6. The molecule has 0 radical (unpaired) electrons. The molecule has 1 unspecified atom stereocenters. The summed E-state index contributed by atoms with van der Waals surface area (Å²) >= 11 is 5.95. The molecule has 0 bridgehead atoms. The highest BCUT2D eigenvalue weighted by atomic mass is 35.5. The molecule has 0 aliphatic carbocycles. The summed E-state index contributed by atoms with van der Waals surface area (Å²) in [6, 6.07) is 15.7. The van der Waals surface area contributed by atoms with Crippen molar-refractivity contribution < 1.29 is 14.4 Å². The molecule has 2 saturated heterocycles. The molecule has 2 aromatic rings. The number of halogens is 1. The van der Waals surface area contributed by atoms with Crippen molar-refractivity contribution in [2.75, 3.05) is 44.2 Å². The Balaban J connectivity index is 1.21. The predicted octanol–water partition coefficient (Wildman–Crippen LogP) is 2.46. The van der Waals surface area contributed by atoms with E-state index in [0.717, 1.165) is 24.3 Å². The Morgan fingerprint density at radius 3 is 2.33 bits per heavy atom. The molecule has 0 spiro atoms. The number of hydrogen-bond acceptors (Lipinski definition) is 4. The van der Waals surface area contributed by atoms with Crippen molar-refractivity contribution in [3.8, 4) is 0 Å². The highest BCUT2D eigenvalue weighted by Crippen LogP contribution is 2.21. The number of benzene rings is 2. The van der Waals surface area contributed by atoms with Crippen LogP contribution in [0.25, 0.3) is 0 Å². The van der Waals surface area contributed by atoms with E-state index in [2.05, 4.69) is 10.2 Å². The zero-order chi connectivity index (χ0) is 23.4. The van der Waals surface area contributed by atoms with Crippen molar-refractivity contribution in [3.63, 3.8) is 0 Å². The van der Waals surface area contributed by atoms with Crippen LogP contribution in [0.15, 0.2) is 48.5 Å². The number of hydrogen-bond donors (Lipinski definition) is 1. The van der Waals surface area contributed by atoms with Crippen LogP contribution in [0.1, 0.15) is 17.5 Å². The summed E-state index contributed by atoms with van der Waals surface area (Å²) < 4.78 is 0. The Morgan fingerprint density at radius 1 is 1.00 bits per heavy atom. The maximum absolute atomic E-state index is 12.6. The van der Waals surface area contributed by atoms with Gasteiger partial charge in [0.15, 0.2) is 0 Å². The Bertz CT molecular complexity index is 1000. The molecule has 2 heterocycles. The van der Waals surface area contributed by atoms with Gasteiger partial charge in [0.1, 0.15) is 0 Å². The SMILES string of the molecule is Cc1ccc(CN2CC(C(=O)NCC(=O)N3CCN(c4ccc(Cl)cc4)CC3)CC2=O)cc1. The normalized spacial score (nSPS) is 18.5. The topological polar surface area (TPSA) is 73.0 Å². The number of piperazine rings is 1. The first-order valence-corrected chi connectivity index (χ1v) is 11.7. The largest absolute Gasteiger partial charge is 0.368 e. The van der Waals surface area contributed by atoms with Crippen LogP contribution in [-0.2, 0) is 20.9 Å². The number of likely N-dealkylation sites (tertiary alicyclic amines) is 1. The molecule has 4 rings (SSSR count). The summed E-state index contributed by atoms with van der Waals surface area (Å²) in [4.78, 5) is 43.3. The third-order valence-electron chi connectivity index (χ3n) is 6.32. The summed E-state index contributed by atoms with van der Waals surface area (Å²) in [5, 5.41) is 3.45. The molecule has 2 aliphatic heterocycles. The van der Waals surface area contributed by atoms with E-state index < -0.39 is 5.92 Å². The fraction of sp³-hybridized carbons (Fsp3) is 0.400. The van der Waals surface area contributed by atoms with Gasteiger partial charge in [0.05, 0.1) is 12.5 Å². The fourth-order valence-corrected chi connectivity index (χ4v) is 4.43. The fourth-order valence-electron chi connectivity index (χ4n) is 4.30. The maximum atomic E-state index is 12.6. The Labute approximate surface area is 199 Å². The predicted molar refractivity (Wildman–Crippen MR) is 128 cm³/mol. The average Bonchev–Trinajstić information content (AvgIpc) is 3.19. The molecule has 33 heavy (non-hydrogen) atoms. The van der Waals surface area contributed by atoms with Gasteiger partial charge >= 0.3 is 0 Å². The highest BCUT2D eigenvalue weighted by Gasteiger charge is 2.34. The number of nitrogens with zero attached hydrogens (tertiary/aromatic N) is 3. The van der Waals surface area contributed by atoms with Crippen molar-refractivity contribution in [2.45, 2.75) is 19.9 Å². The van der Waals surface area contributed by atoms with Gasteiger partial charge in [-0.3, -0.25) is 14.4 Å². The number of amides is 3. The van der Waals surface area contributed by atoms with Crippen LogP contribution in [-0.4, -0.2) is 66.8 Å². The van der Waals surface area contributed by atoms with Crippen molar-refractivity contribution in [2.24, 2.45) is 5.92 Å². The maximum Gasteiger partial charge on any atom is 0.242 e. The summed E-state index contributed by atoms with van der Waals surface area (Å²) in [6.45, 7) is 5.52. The molecule has 0 aromatic heterocycles. The summed E-state index contributed by atoms with van der Waals surface area (Å²) in [6.07, 6.45) is 0.186. The second kappa shape index (κ2) is 10.3. The summed E-state index contributed by atoms with van der Waals surface area (Å²) in [5.41, 5.74) is 3.30. The zero-order valence-electron chi connectivity index (χ0n) is 18.8.